The lowest BCUT2D eigenvalue weighted by Crippen LogP contribution is -2.11. The molecule has 2 aromatic rings. The first-order valence-corrected chi connectivity index (χ1v) is 7.56. The lowest BCUT2D eigenvalue weighted by Gasteiger charge is -2.18. The number of fused-ring (bicyclic) bond motifs is 1. The molecule has 2 atom stereocenters. The monoisotopic (exact) mass is 295 g/mol. The number of nitrogens with two attached hydrogens (primary N) is 1. The second kappa shape index (κ2) is 5.24. The molecule has 3 rings (SSSR count). The molecule has 5 heteroatoms. The van der Waals surface area contributed by atoms with Crippen LogP contribution in [0.4, 0.5) is 10.3 Å². The van der Waals surface area contributed by atoms with Crippen LogP contribution >= 0.6 is 11.6 Å². The van der Waals surface area contributed by atoms with Gasteiger partial charge in [-0.2, -0.15) is 0 Å². The van der Waals surface area contributed by atoms with Crippen LogP contribution < -0.4 is 5.73 Å². The maximum absolute atomic E-state index is 13.7. The summed E-state index contributed by atoms with van der Waals surface area (Å²) in [4.78, 5) is 4.33. The highest BCUT2D eigenvalue weighted by molar-refractivity contribution is 6.31. The first-order valence-electron chi connectivity index (χ1n) is 7.18. The Hall–Kier alpha value is -1.29. The van der Waals surface area contributed by atoms with Crippen LogP contribution in [0.15, 0.2) is 12.1 Å². The van der Waals surface area contributed by atoms with Crippen molar-refractivity contribution in [2.45, 2.75) is 45.1 Å². The van der Waals surface area contributed by atoms with E-state index in [0.29, 0.717) is 17.5 Å². The van der Waals surface area contributed by atoms with E-state index in [0.717, 1.165) is 24.3 Å². The molecule has 108 valence electrons. The zero-order valence-electron chi connectivity index (χ0n) is 11.6. The van der Waals surface area contributed by atoms with Crippen molar-refractivity contribution in [2.75, 3.05) is 5.73 Å². The molecule has 1 aliphatic carbocycles. The molecule has 0 spiro atoms. The van der Waals surface area contributed by atoms with Gasteiger partial charge < -0.3 is 10.3 Å². The van der Waals surface area contributed by atoms with Crippen LogP contribution in [0, 0.1) is 11.7 Å². The summed E-state index contributed by atoms with van der Waals surface area (Å²) >= 11 is 5.82. The smallest absolute Gasteiger partial charge is 0.201 e. The Labute approximate surface area is 122 Å². The largest absolute Gasteiger partial charge is 0.369 e. The van der Waals surface area contributed by atoms with E-state index in [-0.39, 0.29) is 5.02 Å². The summed E-state index contributed by atoms with van der Waals surface area (Å²) < 4.78 is 15.7. The zero-order valence-corrected chi connectivity index (χ0v) is 12.3. The van der Waals surface area contributed by atoms with Gasteiger partial charge in [-0.25, -0.2) is 9.37 Å². The van der Waals surface area contributed by atoms with Crippen molar-refractivity contribution in [3.05, 3.63) is 23.0 Å². The van der Waals surface area contributed by atoms with E-state index >= 15 is 0 Å². The van der Waals surface area contributed by atoms with Gasteiger partial charge in [-0.1, -0.05) is 31.4 Å². The van der Waals surface area contributed by atoms with Gasteiger partial charge in [0, 0.05) is 12.1 Å². The molecule has 1 aromatic carbocycles. The number of rotatable bonds is 1. The number of imidazole rings is 1. The third-order valence-electron chi connectivity index (χ3n) is 4.35. The molecular weight excluding hydrogens is 277 g/mol. The molecule has 0 radical (unpaired) electrons. The number of hydrogen-bond donors (Lipinski definition) is 1. The molecule has 2 unspecified atom stereocenters. The molecule has 1 heterocycles. The van der Waals surface area contributed by atoms with Crippen molar-refractivity contribution in [2.24, 2.45) is 5.92 Å². The van der Waals surface area contributed by atoms with Crippen molar-refractivity contribution in [3.8, 4) is 0 Å². The van der Waals surface area contributed by atoms with E-state index in [1.54, 1.807) is 6.07 Å². The van der Waals surface area contributed by atoms with Crippen molar-refractivity contribution in [3.63, 3.8) is 0 Å². The Bertz CT molecular complexity index is 638. The minimum atomic E-state index is -0.415. The Balaban J connectivity index is 2.06. The molecule has 20 heavy (non-hydrogen) atoms. The maximum atomic E-state index is 13.7. The van der Waals surface area contributed by atoms with E-state index in [4.69, 9.17) is 17.3 Å². The lowest BCUT2D eigenvalue weighted by atomic mass is 10.0. The third-order valence-corrected chi connectivity index (χ3v) is 4.64. The Morgan fingerprint density at radius 3 is 2.90 bits per heavy atom. The Morgan fingerprint density at radius 2 is 2.10 bits per heavy atom. The number of halogens is 2. The van der Waals surface area contributed by atoms with Gasteiger partial charge in [0.05, 0.1) is 16.1 Å². The van der Waals surface area contributed by atoms with Crippen molar-refractivity contribution < 1.29 is 4.39 Å². The second-order valence-corrected chi connectivity index (χ2v) is 6.27. The average Bonchev–Trinajstić information content (AvgIpc) is 2.57. The number of anilines is 1. The fourth-order valence-electron chi connectivity index (χ4n) is 3.22. The molecule has 3 nitrogen and oxygen atoms in total. The molecule has 1 aromatic heterocycles. The normalized spacial score (nSPS) is 23.9. The van der Waals surface area contributed by atoms with E-state index in [2.05, 4.69) is 11.9 Å². The number of aromatic nitrogens is 2. The fourth-order valence-corrected chi connectivity index (χ4v) is 3.38. The van der Waals surface area contributed by atoms with Crippen molar-refractivity contribution in [1.29, 1.82) is 0 Å². The van der Waals surface area contributed by atoms with Gasteiger partial charge in [0.2, 0.25) is 5.95 Å². The van der Waals surface area contributed by atoms with Crippen LogP contribution in [0.2, 0.25) is 5.02 Å². The first kappa shape index (κ1) is 13.7. The predicted molar refractivity (Wildman–Crippen MR) is 80.4 cm³/mol. The van der Waals surface area contributed by atoms with Crippen LogP contribution in [0.25, 0.3) is 11.0 Å². The highest BCUT2D eigenvalue weighted by Crippen LogP contribution is 2.35. The number of nitrogen functional groups attached to an aromatic ring is 1. The summed E-state index contributed by atoms with van der Waals surface area (Å²) in [6.07, 6.45) is 5.76. The summed E-state index contributed by atoms with van der Waals surface area (Å²) in [5.74, 6) is 0.797. The number of benzene rings is 1. The molecule has 1 fully saturated rings. The highest BCUT2D eigenvalue weighted by atomic mass is 35.5. The van der Waals surface area contributed by atoms with E-state index in [1.165, 1.54) is 25.3 Å². The summed E-state index contributed by atoms with van der Waals surface area (Å²) in [6.45, 7) is 2.29. The summed E-state index contributed by atoms with van der Waals surface area (Å²) in [7, 11) is 0. The third kappa shape index (κ3) is 2.37. The first-order chi connectivity index (χ1) is 9.56. The van der Waals surface area contributed by atoms with Crippen molar-refractivity contribution in [1.82, 2.24) is 9.55 Å². The van der Waals surface area contributed by atoms with E-state index < -0.39 is 5.82 Å². The van der Waals surface area contributed by atoms with Crippen molar-refractivity contribution >= 4 is 28.6 Å². The molecule has 0 aliphatic heterocycles. The Morgan fingerprint density at radius 1 is 1.30 bits per heavy atom. The standard InChI is InChI=1S/C15H19ClFN3/c1-9-3-2-4-10(6-5-9)20-14-8-12(17)11(16)7-13(14)19-15(20)18/h7-10H,2-6H2,1H3,(H2,18,19). The van der Waals surface area contributed by atoms with Gasteiger partial charge in [0.25, 0.3) is 0 Å². The number of nitrogens with zero attached hydrogens (tertiary/aromatic N) is 2. The molecule has 1 aliphatic rings. The highest BCUT2D eigenvalue weighted by Gasteiger charge is 2.22. The summed E-state index contributed by atoms with van der Waals surface area (Å²) in [5.41, 5.74) is 7.48. The van der Waals surface area contributed by atoms with Gasteiger partial charge in [-0.15, -0.1) is 0 Å². The lowest BCUT2D eigenvalue weighted by molar-refractivity contribution is 0.445. The van der Waals surface area contributed by atoms with Gasteiger partial charge in [-0.3, -0.25) is 0 Å². The topological polar surface area (TPSA) is 43.8 Å². The van der Waals surface area contributed by atoms with Gasteiger partial charge >= 0.3 is 0 Å². The van der Waals surface area contributed by atoms with Crippen LogP contribution in [0.5, 0.6) is 0 Å². The molecule has 1 saturated carbocycles. The predicted octanol–water partition coefficient (Wildman–Crippen LogP) is 4.55. The van der Waals surface area contributed by atoms with Gasteiger partial charge in [0.15, 0.2) is 0 Å². The fraction of sp³-hybridized carbons (Fsp3) is 0.533. The van der Waals surface area contributed by atoms with Crippen LogP contribution in [0.3, 0.4) is 0 Å². The molecule has 0 amide bonds. The molecule has 2 N–H and O–H groups in total. The Kier molecular flexibility index (Phi) is 3.59. The summed E-state index contributed by atoms with van der Waals surface area (Å²) in [6, 6.07) is 3.32. The number of hydrogen-bond acceptors (Lipinski definition) is 2. The molecule has 0 bridgehead atoms. The molecular formula is C15H19ClFN3. The summed E-state index contributed by atoms with van der Waals surface area (Å²) in [5, 5.41) is 0.0941. The maximum Gasteiger partial charge on any atom is 0.201 e. The van der Waals surface area contributed by atoms with Gasteiger partial charge in [-0.05, 0) is 31.2 Å². The van der Waals surface area contributed by atoms with Crippen LogP contribution in [-0.4, -0.2) is 9.55 Å². The SMILES string of the molecule is CC1CCCC(n2c(N)nc3cc(Cl)c(F)cc32)CC1. The van der Waals surface area contributed by atoms with Crippen LogP contribution in [0.1, 0.15) is 45.1 Å². The average molecular weight is 296 g/mol. The quantitative estimate of drug-likeness (QED) is 0.784. The van der Waals surface area contributed by atoms with Crippen LogP contribution in [-0.2, 0) is 0 Å². The molecule has 0 saturated heterocycles. The van der Waals surface area contributed by atoms with Gasteiger partial charge in [0.1, 0.15) is 5.82 Å². The second-order valence-electron chi connectivity index (χ2n) is 5.86. The van der Waals surface area contributed by atoms with E-state index in [9.17, 15) is 4.39 Å². The zero-order chi connectivity index (χ0) is 14.3. The minimum absolute atomic E-state index is 0.0941. The van der Waals surface area contributed by atoms with E-state index in [1.807, 2.05) is 4.57 Å². The minimum Gasteiger partial charge on any atom is -0.369 e.